The molecular weight excluding hydrogens is 226 g/mol. The van der Waals surface area contributed by atoms with Gasteiger partial charge in [-0.05, 0) is 0 Å². The Morgan fingerprint density at radius 3 is 2.76 bits per heavy atom. The zero-order valence-corrected chi connectivity index (χ0v) is 9.28. The van der Waals surface area contributed by atoms with Gasteiger partial charge < -0.3 is 14.9 Å². The Morgan fingerprint density at radius 1 is 1.35 bits per heavy atom. The Hall–Kier alpha value is -2.42. The van der Waals surface area contributed by atoms with Gasteiger partial charge in [0.2, 0.25) is 5.75 Å². The molecule has 2 aromatic heterocycles. The SMILES string of the molecule is COc1c(NN)ncnc1Oc1ncn(C)n1. The summed E-state index contributed by atoms with van der Waals surface area (Å²) in [5, 5.41) is 3.95. The molecule has 17 heavy (non-hydrogen) atoms. The number of aromatic nitrogens is 5. The molecule has 0 aliphatic heterocycles. The van der Waals surface area contributed by atoms with E-state index in [2.05, 4.69) is 25.5 Å². The Morgan fingerprint density at radius 2 is 2.18 bits per heavy atom. The molecule has 3 N–H and O–H groups in total. The molecule has 0 unspecified atom stereocenters. The van der Waals surface area contributed by atoms with Crippen LogP contribution in [-0.4, -0.2) is 31.8 Å². The molecule has 9 heteroatoms. The van der Waals surface area contributed by atoms with Crippen LogP contribution in [0.15, 0.2) is 12.7 Å². The molecule has 0 saturated carbocycles. The highest BCUT2D eigenvalue weighted by Gasteiger charge is 2.14. The van der Waals surface area contributed by atoms with Gasteiger partial charge in [0.25, 0.3) is 5.88 Å². The maximum absolute atomic E-state index is 5.35. The van der Waals surface area contributed by atoms with E-state index in [-0.39, 0.29) is 17.6 Å². The lowest BCUT2D eigenvalue weighted by molar-refractivity contribution is 0.356. The van der Waals surface area contributed by atoms with Gasteiger partial charge >= 0.3 is 6.01 Å². The van der Waals surface area contributed by atoms with Crippen LogP contribution in [0.5, 0.6) is 17.6 Å². The summed E-state index contributed by atoms with van der Waals surface area (Å²) < 4.78 is 11.9. The molecule has 0 saturated heterocycles. The number of rotatable bonds is 4. The highest BCUT2D eigenvalue weighted by atomic mass is 16.5. The van der Waals surface area contributed by atoms with Crippen LogP contribution in [0.4, 0.5) is 5.82 Å². The van der Waals surface area contributed by atoms with Gasteiger partial charge in [-0.1, -0.05) is 0 Å². The first-order valence-electron chi connectivity index (χ1n) is 4.63. The van der Waals surface area contributed by atoms with Gasteiger partial charge in [-0.15, -0.1) is 5.10 Å². The summed E-state index contributed by atoms with van der Waals surface area (Å²) in [6.45, 7) is 0. The number of nitrogens with zero attached hydrogens (tertiary/aromatic N) is 5. The third kappa shape index (κ3) is 2.23. The first-order valence-corrected chi connectivity index (χ1v) is 4.63. The average Bonchev–Trinajstić information content (AvgIpc) is 2.74. The van der Waals surface area contributed by atoms with Crippen LogP contribution in [0.1, 0.15) is 0 Å². The minimum atomic E-state index is 0.160. The van der Waals surface area contributed by atoms with E-state index in [1.54, 1.807) is 7.05 Å². The second-order valence-corrected chi connectivity index (χ2v) is 3.01. The molecule has 0 fully saturated rings. The lowest BCUT2D eigenvalue weighted by atomic mass is 10.5. The van der Waals surface area contributed by atoms with Crippen LogP contribution < -0.4 is 20.7 Å². The summed E-state index contributed by atoms with van der Waals surface area (Å²) in [4.78, 5) is 11.7. The van der Waals surface area contributed by atoms with E-state index >= 15 is 0 Å². The zero-order valence-electron chi connectivity index (χ0n) is 9.28. The summed E-state index contributed by atoms with van der Waals surface area (Å²) in [5.41, 5.74) is 2.38. The summed E-state index contributed by atoms with van der Waals surface area (Å²) in [5.74, 6) is 6.06. The van der Waals surface area contributed by atoms with Crippen molar-refractivity contribution in [1.82, 2.24) is 24.7 Å². The third-order valence-corrected chi connectivity index (χ3v) is 1.88. The fourth-order valence-electron chi connectivity index (χ4n) is 1.17. The molecule has 0 atom stereocenters. The van der Waals surface area contributed by atoms with Gasteiger partial charge in [-0.25, -0.2) is 10.8 Å². The van der Waals surface area contributed by atoms with E-state index in [1.807, 2.05) is 0 Å². The van der Waals surface area contributed by atoms with Crippen LogP contribution in [0.25, 0.3) is 0 Å². The normalized spacial score (nSPS) is 10.1. The fourth-order valence-corrected chi connectivity index (χ4v) is 1.17. The van der Waals surface area contributed by atoms with Crippen molar-refractivity contribution >= 4 is 5.82 Å². The number of ether oxygens (including phenoxy) is 2. The summed E-state index contributed by atoms with van der Waals surface area (Å²) in [6, 6.07) is 0.160. The van der Waals surface area contributed by atoms with Crippen LogP contribution in [0, 0.1) is 0 Å². The number of anilines is 1. The van der Waals surface area contributed by atoms with Crippen LogP contribution in [0.2, 0.25) is 0 Å². The second kappa shape index (κ2) is 4.61. The predicted molar refractivity (Wildman–Crippen MR) is 57.5 cm³/mol. The van der Waals surface area contributed by atoms with Gasteiger partial charge in [0.05, 0.1) is 7.11 Å². The van der Waals surface area contributed by atoms with Crippen molar-refractivity contribution in [3.63, 3.8) is 0 Å². The Bertz CT molecular complexity index is 512. The number of methoxy groups -OCH3 is 1. The maximum atomic E-state index is 5.35. The molecule has 9 nitrogen and oxygen atoms in total. The van der Waals surface area contributed by atoms with Crippen LogP contribution in [-0.2, 0) is 7.05 Å². The van der Waals surface area contributed by atoms with Gasteiger partial charge in [0.15, 0.2) is 5.82 Å². The minimum absolute atomic E-state index is 0.160. The smallest absolute Gasteiger partial charge is 0.342 e. The largest absolute Gasteiger partial charge is 0.489 e. The number of nitrogens with two attached hydrogens (primary N) is 1. The highest BCUT2D eigenvalue weighted by Crippen LogP contribution is 2.32. The summed E-state index contributed by atoms with van der Waals surface area (Å²) >= 11 is 0. The topological polar surface area (TPSA) is 113 Å². The van der Waals surface area contributed by atoms with Gasteiger partial charge in [0.1, 0.15) is 12.7 Å². The molecule has 2 heterocycles. The lowest BCUT2D eigenvalue weighted by Crippen LogP contribution is -2.11. The van der Waals surface area contributed by atoms with Crippen molar-refractivity contribution in [1.29, 1.82) is 0 Å². The fraction of sp³-hybridized carbons (Fsp3) is 0.250. The van der Waals surface area contributed by atoms with Crippen molar-refractivity contribution in [3.05, 3.63) is 12.7 Å². The van der Waals surface area contributed by atoms with Crippen LogP contribution >= 0.6 is 0 Å². The Labute approximate surface area is 96.6 Å². The molecule has 0 aliphatic carbocycles. The van der Waals surface area contributed by atoms with E-state index in [0.717, 1.165) is 0 Å². The first-order chi connectivity index (χ1) is 8.24. The number of hydrazine groups is 1. The van der Waals surface area contributed by atoms with E-state index < -0.39 is 0 Å². The molecule has 2 aromatic rings. The molecule has 0 amide bonds. The number of hydrogen-bond donors (Lipinski definition) is 2. The molecule has 2 rings (SSSR count). The molecular formula is C8H11N7O2. The highest BCUT2D eigenvalue weighted by molar-refractivity contribution is 5.54. The molecule has 0 radical (unpaired) electrons. The zero-order chi connectivity index (χ0) is 12.3. The third-order valence-electron chi connectivity index (χ3n) is 1.88. The summed E-state index contributed by atoms with van der Waals surface area (Å²) in [6.07, 6.45) is 2.79. The molecule has 0 spiro atoms. The van der Waals surface area contributed by atoms with Crippen molar-refractivity contribution in [2.45, 2.75) is 0 Å². The monoisotopic (exact) mass is 237 g/mol. The molecule has 0 aliphatic rings. The molecule has 0 aromatic carbocycles. The number of nitrogen functional groups attached to an aromatic ring is 1. The van der Waals surface area contributed by atoms with Crippen LogP contribution in [0.3, 0.4) is 0 Å². The first kappa shape index (κ1) is 11.1. The van der Waals surface area contributed by atoms with E-state index in [1.165, 1.54) is 24.4 Å². The van der Waals surface area contributed by atoms with Crippen molar-refractivity contribution in [2.75, 3.05) is 12.5 Å². The van der Waals surface area contributed by atoms with Gasteiger partial charge in [-0.2, -0.15) is 9.97 Å². The van der Waals surface area contributed by atoms with E-state index in [9.17, 15) is 0 Å². The standard InChI is InChI=1S/C8H11N7O2/c1-15-4-12-8(14-15)17-7-5(16-2)6(13-9)10-3-11-7/h3-4H,9H2,1-2H3,(H,10,11,13). The van der Waals surface area contributed by atoms with Crippen molar-refractivity contribution in [3.8, 4) is 17.6 Å². The number of hydrogen-bond acceptors (Lipinski definition) is 8. The quantitative estimate of drug-likeness (QED) is 0.550. The maximum Gasteiger partial charge on any atom is 0.342 e. The second-order valence-electron chi connectivity index (χ2n) is 3.01. The average molecular weight is 237 g/mol. The minimum Gasteiger partial charge on any atom is -0.489 e. The van der Waals surface area contributed by atoms with Crippen molar-refractivity contribution in [2.24, 2.45) is 12.9 Å². The molecule has 0 bridgehead atoms. The predicted octanol–water partition coefficient (Wildman–Crippen LogP) is -0.308. The van der Waals surface area contributed by atoms with E-state index in [4.69, 9.17) is 15.3 Å². The van der Waals surface area contributed by atoms with E-state index in [0.29, 0.717) is 5.82 Å². The molecule has 90 valence electrons. The number of aryl methyl sites for hydroxylation is 1. The Kier molecular flexibility index (Phi) is 3.01. The van der Waals surface area contributed by atoms with Crippen molar-refractivity contribution < 1.29 is 9.47 Å². The Balaban J connectivity index is 2.32. The summed E-state index contributed by atoms with van der Waals surface area (Å²) in [7, 11) is 3.18. The van der Waals surface area contributed by atoms with Gasteiger partial charge in [0, 0.05) is 7.05 Å². The number of nitrogens with one attached hydrogen (secondary N) is 1. The van der Waals surface area contributed by atoms with Gasteiger partial charge in [-0.3, -0.25) is 4.68 Å². The lowest BCUT2D eigenvalue weighted by Gasteiger charge is -2.09.